The van der Waals surface area contributed by atoms with Crippen molar-refractivity contribution in [3.63, 3.8) is 0 Å². The van der Waals surface area contributed by atoms with Gasteiger partial charge >= 0.3 is 5.97 Å². The average molecular weight is 208 g/mol. The lowest BCUT2D eigenvalue weighted by Crippen LogP contribution is -2.24. The van der Waals surface area contributed by atoms with E-state index in [0.717, 1.165) is 12.8 Å². The summed E-state index contributed by atoms with van der Waals surface area (Å²) in [5.41, 5.74) is 5.85. The maximum absolute atomic E-state index is 10.8. The minimum atomic E-state index is -0.117. The predicted octanol–water partition coefficient (Wildman–Crippen LogP) is 1.49. The molecule has 0 amide bonds. The first kappa shape index (κ1) is 12.7. The van der Waals surface area contributed by atoms with Crippen LogP contribution in [0.2, 0.25) is 0 Å². The monoisotopic (exact) mass is 207 g/mol. The van der Waals surface area contributed by atoms with Crippen molar-refractivity contribution in [3.05, 3.63) is 0 Å². The van der Waals surface area contributed by atoms with Gasteiger partial charge in [-0.1, -0.05) is 6.42 Å². The van der Waals surface area contributed by atoms with Gasteiger partial charge in [-0.3, -0.25) is 4.79 Å². The average Bonchev–Trinajstić information content (AvgIpc) is 2.47. The Morgan fingerprint density at radius 2 is 2.23 bits per heavy atom. The number of nitrogens with two attached hydrogens (primary N) is 1. The fourth-order valence-corrected chi connectivity index (χ4v) is 1.83. The fraction of sp³-hybridized carbons (Fsp3) is 0.889. The molecule has 0 aliphatic heterocycles. The van der Waals surface area contributed by atoms with Crippen molar-refractivity contribution in [2.24, 2.45) is 11.7 Å². The molecule has 0 aromatic rings. The molecule has 0 bridgehead atoms. The Hall–Kier alpha value is -0.280. The second-order valence-electron chi connectivity index (χ2n) is 3.47. The topological polar surface area (TPSA) is 52.3 Å². The van der Waals surface area contributed by atoms with Crippen LogP contribution in [0.15, 0.2) is 0 Å². The molecule has 2 atom stereocenters. The van der Waals surface area contributed by atoms with Crippen molar-refractivity contribution in [2.45, 2.75) is 38.1 Å². The van der Waals surface area contributed by atoms with Crippen LogP contribution in [-0.4, -0.2) is 19.1 Å². The number of hydrogen-bond acceptors (Lipinski definition) is 3. The summed E-state index contributed by atoms with van der Waals surface area (Å²) in [4.78, 5) is 10.8. The van der Waals surface area contributed by atoms with Gasteiger partial charge in [0.1, 0.15) is 0 Å². The van der Waals surface area contributed by atoms with Gasteiger partial charge in [0.2, 0.25) is 0 Å². The maximum Gasteiger partial charge on any atom is 0.305 e. The van der Waals surface area contributed by atoms with Gasteiger partial charge in [0.15, 0.2) is 0 Å². The van der Waals surface area contributed by atoms with E-state index in [1.807, 2.05) is 0 Å². The number of carbonyl (C=O) groups is 1. The highest BCUT2D eigenvalue weighted by atomic mass is 35.5. The third-order valence-electron chi connectivity index (χ3n) is 2.66. The Kier molecular flexibility index (Phi) is 6.08. The van der Waals surface area contributed by atoms with Crippen molar-refractivity contribution < 1.29 is 9.53 Å². The Bertz CT molecular complexity index is 164. The standard InChI is InChI=1S/C9H17NO2.ClH/c1-12-9(11)6-5-7-3-2-4-8(7)10;/h7-8H,2-6,10H2,1H3;1H. The molecule has 1 saturated carbocycles. The summed E-state index contributed by atoms with van der Waals surface area (Å²) < 4.78 is 4.57. The number of rotatable bonds is 3. The van der Waals surface area contributed by atoms with Crippen molar-refractivity contribution in [1.82, 2.24) is 0 Å². The molecule has 1 rings (SSSR count). The SMILES string of the molecule is COC(=O)CCC1CCCC1N.Cl. The Morgan fingerprint density at radius 3 is 2.69 bits per heavy atom. The Labute approximate surface area is 85.4 Å². The van der Waals surface area contributed by atoms with Crippen LogP contribution in [-0.2, 0) is 9.53 Å². The molecule has 78 valence electrons. The van der Waals surface area contributed by atoms with Gasteiger partial charge < -0.3 is 10.5 Å². The third-order valence-corrected chi connectivity index (χ3v) is 2.66. The summed E-state index contributed by atoms with van der Waals surface area (Å²) in [6.07, 6.45) is 4.93. The van der Waals surface area contributed by atoms with Crippen LogP contribution in [0.1, 0.15) is 32.1 Å². The van der Waals surface area contributed by atoms with Gasteiger partial charge in [-0.05, 0) is 25.2 Å². The molecule has 0 aromatic heterocycles. The number of hydrogen-bond donors (Lipinski definition) is 1. The van der Waals surface area contributed by atoms with Gasteiger partial charge in [0, 0.05) is 12.5 Å². The van der Waals surface area contributed by atoms with Gasteiger partial charge in [0.25, 0.3) is 0 Å². The van der Waals surface area contributed by atoms with E-state index in [9.17, 15) is 4.79 Å². The Balaban J connectivity index is 0.00000144. The molecule has 1 aliphatic rings. The first-order valence-corrected chi connectivity index (χ1v) is 4.56. The lowest BCUT2D eigenvalue weighted by molar-refractivity contribution is -0.140. The highest BCUT2D eigenvalue weighted by Gasteiger charge is 2.24. The van der Waals surface area contributed by atoms with Gasteiger partial charge in [-0.2, -0.15) is 0 Å². The zero-order valence-electron chi connectivity index (χ0n) is 7.99. The van der Waals surface area contributed by atoms with Gasteiger partial charge in [-0.25, -0.2) is 0 Å². The molecule has 0 saturated heterocycles. The highest BCUT2D eigenvalue weighted by molar-refractivity contribution is 5.85. The molecule has 1 fully saturated rings. The summed E-state index contributed by atoms with van der Waals surface area (Å²) >= 11 is 0. The number of ether oxygens (including phenoxy) is 1. The molecular weight excluding hydrogens is 190 g/mol. The molecule has 3 nitrogen and oxygen atoms in total. The fourth-order valence-electron chi connectivity index (χ4n) is 1.83. The van der Waals surface area contributed by atoms with Crippen molar-refractivity contribution in [1.29, 1.82) is 0 Å². The lowest BCUT2D eigenvalue weighted by atomic mass is 9.98. The molecule has 1 aliphatic carbocycles. The summed E-state index contributed by atoms with van der Waals surface area (Å²) in [6.45, 7) is 0. The first-order chi connectivity index (χ1) is 5.74. The minimum absolute atomic E-state index is 0. The van der Waals surface area contributed by atoms with Crippen molar-refractivity contribution in [3.8, 4) is 0 Å². The highest BCUT2D eigenvalue weighted by Crippen LogP contribution is 2.27. The third kappa shape index (κ3) is 3.96. The molecule has 0 aromatic carbocycles. The van der Waals surface area contributed by atoms with E-state index in [2.05, 4.69) is 4.74 Å². The molecular formula is C9H18ClNO2. The van der Waals surface area contributed by atoms with E-state index in [4.69, 9.17) is 5.73 Å². The van der Waals surface area contributed by atoms with Crippen molar-refractivity contribution >= 4 is 18.4 Å². The predicted molar refractivity (Wildman–Crippen MR) is 53.8 cm³/mol. The minimum Gasteiger partial charge on any atom is -0.469 e. The zero-order chi connectivity index (χ0) is 8.97. The molecule has 0 heterocycles. The van der Waals surface area contributed by atoms with Crippen molar-refractivity contribution in [2.75, 3.05) is 7.11 Å². The van der Waals surface area contributed by atoms with E-state index >= 15 is 0 Å². The van der Waals surface area contributed by atoms with E-state index in [-0.39, 0.29) is 18.4 Å². The first-order valence-electron chi connectivity index (χ1n) is 4.56. The number of esters is 1. The smallest absolute Gasteiger partial charge is 0.305 e. The van der Waals surface area contributed by atoms with Crippen LogP contribution < -0.4 is 5.73 Å². The zero-order valence-corrected chi connectivity index (χ0v) is 8.81. The van der Waals surface area contributed by atoms with Gasteiger partial charge in [0.05, 0.1) is 7.11 Å². The number of carbonyl (C=O) groups excluding carboxylic acids is 1. The normalized spacial score (nSPS) is 26.6. The molecule has 4 heteroatoms. The van der Waals surface area contributed by atoms with E-state index < -0.39 is 0 Å². The number of methoxy groups -OCH3 is 1. The van der Waals surface area contributed by atoms with Gasteiger partial charge in [-0.15, -0.1) is 12.4 Å². The molecule has 0 spiro atoms. The number of halogens is 1. The van der Waals surface area contributed by atoms with Crippen LogP contribution in [0.5, 0.6) is 0 Å². The van der Waals surface area contributed by atoms with Crippen LogP contribution in [0.25, 0.3) is 0 Å². The molecule has 2 unspecified atom stereocenters. The van der Waals surface area contributed by atoms with E-state index in [0.29, 0.717) is 18.4 Å². The maximum atomic E-state index is 10.8. The molecule has 0 radical (unpaired) electrons. The Morgan fingerprint density at radius 1 is 1.54 bits per heavy atom. The van der Waals surface area contributed by atoms with E-state index in [1.54, 1.807) is 0 Å². The molecule has 2 N–H and O–H groups in total. The summed E-state index contributed by atoms with van der Waals surface area (Å²) in [5.74, 6) is 0.429. The summed E-state index contributed by atoms with van der Waals surface area (Å²) in [6, 6.07) is 0.314. The van der Waals surface area contributed by atoms with Crippen LogP contribution in [0.3, 0.4) is 0 Å². The second kappa shape index (κ2) is 6.22. The van der Waals surface area contributed by atoms with Crippen LogP contribution in [0.4, 0.5) is 0 Å². The van der Waals surface area contributed by atoms with E-state index in [1.165, 1.54) is 20.0 Å². The summed E-state index contributed by atoms with van der Waals surface area (Å²) in [5, 5.41) is 0. The lowest BCUT2D eigenvalue weighted by Gasteiger charge is -2.13. The second-order valence-corrected chi connectivity index (χ2v) is 3.47. The largest absolute Gasteiger partial charge is 0.469 e. The van der Waals surface area contributed by atoms with Crippen LogP contribution in [0, 0.1) is 5.92 Å². The summed E-state index contributed by atoms with van der Waals surface area (Å²) in [7, 11) is 1.43. The van der Waals surface area contributed by atoms with Crippen LogP contribution >= 0.6 is 12.4 Å². The molecule has 13 heavy (non-hydrogen) atoms. The quantitative estimate of drug-likeness (QED) is 0.714.